The molecule has 0 amide bonds. The second kappa shape index (κ2) is 5.50. The van der Waals surface area contributed by atoms with Gasteiger partial charge in [0, 0.05) is 0 Å². The Labute approximate surface area is 102 Å². The topological polar surface area (TPSA) is 32.3 Å². The molecule has 1 aromatic carbocycles. The highest BCUT2D eigenvalue weighted by Crippen LogP contribution is 2.27. The number of nitrogens with one attached hydrogen (secondary N) is 1. The van der Waals surface area contributed by atoms with E-state index in [9.17, 15) is 9.50 Å². The van der Waals surface area contributed by atoms with E-state index >= 15 is 0 Å². The summed E-state index contributed by atoms with van der Waals surface area (Å²) >= 11 is 0. The number of aryl methyl sites for hydroxylation is 1. The van der Waals surface area contributed by atoms with Gasteiger partial charge in [-0.25, -0.2) is 4.39 Å². The minimum Gasteiger partial charge on any atom is -0.505 e. The van der Waals surface area contributed by atoms with Gasteiger partial charge in [0.15, 0.2) is 11.6 Å². The van der Waals surface area contributed by atoms with Gasteiger partial charge in [0.1, 0.15) is 0 Å². The van der Waals surface area contributed by atoms with Crippen molar-refractivity contribution < 1.29 is 9.50 Å². The minimum absolute atomic E-state index is 0.159. The number of piperidine rings is 1. The molecular weight excluding hydrogens is 217 g/mol. The fraction of sp³-hybridized carbons (Fsp3) is 0.571. The Hall–Kier alpha value is -1.09. The Bertz CT molecular complexity index is 386. The van der Waals surface area contributed by atoms with Crippen molar-refractivity contribution >= 4 is 0 Å². The van der Waals surface area contributed by atoms with Crippen LogP contribution >= 0.6 is 0 Å². The smallest absolute Gasteiger partial charge is 0.165 e. The normalized spacial score (nSPS) is 20.5. The fourth-order valence-electron chi connectivity index (χ4n) is 2.49. The van der Waals surface area contributed by atoms with E-state index in [2.05, 4.69) is 5.32 Å². The van der Waals surface area contributed by atoms with Crippen molar-refractivity contribution in [3.05, 3.63) is 29.1 Å². The molecule has 1 heterocycles. The van der Waals surface area contributed by atoms with Crippen LogP contribution in [0.5, 0.6) is 5.75 Å². The number of rotatable bonds is 3. The Kier molecular flexibility index (Phi) is 4.00. The lowest BCUT2D eigenvalue weighted by Crippen LogP contribution is -2.30. The van der Waals surface area contributed by atoms with E-state index in [-0.39, 0.29) is 5.75 Å². The van der Waals surface area contributed by atoms with Crippen LogP contribution < -0.4 is 5.32 Å². The molecule has 0 aliphatic carbocycles. The number of halogens is 1. The first-order chi connectivity index (χ1) is 8.20. The predicted octanol–water partition coefficient (Wildman–Crippen LogP) is 2.64. The van der Waals surface area contributed by atoms with Crippen LogP contribution in [0.25, 0.3) is 0 Å². The number of hydrogen-bond acceptors (Lipinski definition) is 2. The molecule has 1 fully saturated rings. The van der Waals surface area contributed by atoms with Gasteiger partial charge in [0.25, 0.3) is 0 Å². The number of benzene rings is 1. The second-order valence-corrected chi connectivity index (χ2v) is 4.86. The quantitative estimate of drug-likeness (QED) is 0.847. The third-order valence-corrected chi connectivity index (χ3v) is 3.52. The van der Waals surface area contributed by atoms with Crippen LogP contribution in [0.2, 0.25) is 0 Å². The van der Waals surface area contributed by atoms with Gasteiger partial charge in [-0.05, 0) is 61.9 Å². The van der Waals surface area contributed by atoms with Gasteiger partial charge in [-0.3, -0.25) is 0 Å². The molecule has 3 heteroatoms. The summed E-state index contributed by atoms with van der Waals surface area (Å²) in [5.74, 6) is -0.128. The average Bonchev–Trinajstić information content (AvgIpc) is 2.36. The maximum atomic E-state index is 13.5. The van der Waals surface area contributed by atoms with Gasteiger partial charge >= 0.3 is 0 Å². The monoisotopic (exact) mass is 237 g/mol. The lowest BCUT2D eigenvalue weighted by molar-refractivity contribution is 0.365. The first-order valence-electron chi connectivity index (χ1n) is 6.41. The van der Waals surface area contributed by atoms with Crippen LogP contribution in [0.3, 0.4) is 0 Å². The zero-order chi connectivity index (χ0) is 12.3. The maximum Gasteiger partial charge on any atom is 0.165 e. The molecule has 1 aliphatic heterocycles. The van der Waals surface area contributed by atoms with Crippen molar-refractivity contribution in [2.24, 2.45) is 5.92 Å². The third-order valence-electron chi connectivity index (χ3n) is 3.52. The van der Waals surface area contributed by atoms with Gasteiger partial charge in [-0.1, -0.05) is 13.0 Å². The molecule has 1 aromatic rings. The number of phenols is 1. The SMILES string of the molecule is CCc1cc(F)c(O)c(CC2CCCNC2)c1. The first kappa shape index (κ1) is 12.4. The number of phenolic OH excluding ortho intramolecular Hbond substituents is 1. The summed E-state index contributed by atoms with van der Waals surface area (Å²) in [6.45, 7) is 4.04. The van der Waals surface area contributed by atoms with Crippen molar-refractivity contribution in [2.75, 3.05) is 13.1 Å². The summed E-state index contributed by atoms with van der Waals surface area (Å²) in [6.07, 6.45) is 3.89. The summed E-state index contributed by atoms with van der Waals surface area (Å²) in [7, 11) is 0. The molecule has 1 aliphatic rings. The van der Waals surface area contributed by atoms with Gasteiger partial charge in [0.05, 0.1) is 0 Å². The zero-order valence-corrected chi connectivity index (χ0v) is 10.3. The molecule has 0 bridgehead atoms. The van der Waals surface area contributed by atoms with Gasteiger partial charge < -0.3 is 10.4 Å². The summed E-state index contributed by atoms with van der Waals surface area (Å²) in [5, 5.41) is 13.1. The molecular formula is C14H20FNO. The minimum atomic E-state index is -0.483. The second-order valence-electron chi connectivity index (χ2n) is 4.86. The van der Waals surface area contributed by atoms with Crippen LogP contribution in [0.1, 0.15) is 30.9 Å². The van der Waals surface area contributed by atoms with E-state index in [1.54, 1.807) is 0 Å². The molecule has 2 rings (SSSR count). The fourth-order valence-corrected chi connectivity index (χ4v) is 2.49. The molecule has 2 N–H and O–H groups in total. The zero-order valence-electron chi connectivity index (χ0n) is 10.3. The first-order valence-corrected chi connectivity index (χ1v) is 6.41. The van der Waals surface area contributed by atoms with E-state index in [0.29, 0.717) is 5.92 Å². The molecule has 1 saturated heterocycles. The molecule has 94 valence electrons. The Balaban J connectivity index is 2.15. The van der Waals surface area contributed by atoms with E-state index < -0.39 is 5.82 Å². The predicted molar refractivity (Wildman–Crippen MR) is 66.7 cm³/mol. The highest BCUT2D eigenvalue weighted by atomic mass is 19.1. The van der Waals surface area contributed by atoms with Crippen LogP contribution in [0.15, 0.2) is 12.1 Å². The maximum absolute atomic E-state index is 13.5. The van der Waals surface area contributed by atoms with Crippen molar-refractivity contribution in [1.29, 1.82) is 0 Å². The Morgan fingerprint density at radius 2 is 2.29 bits per heavy atom. The lowest BCUT2D eigenvalue weighted by Gasteiger charge is -2.23. The Morgan fingerprint density at radius 1 is 1.47 bits per heavy atom. The molecule has 0 saturated carbocycles. The van der Waals surface area contributed by atoms with E-state index in [0.717, 1.165) is 43.5 Å². The Morgan fingerprint density at radius 3 is 2.94 bits per heavy atom. The summed E-state index contributed by atoms with van der Waals surface area (Å²) < 4.78 is 13.5. The third kappa shape index (κ3) is 2.97. The molecule has 1 atom stereocenters. The van der Waals surface area contributed by atoms with Crippen LogP contribution in [0, 0.1) is 11.7 Å². The molecule has 0 radical (unpaired) electrons. The molecule has 17 heavy (non-hydrogen) atoms. The summed E-state index contributed by atoms with van der Waals surface area (Å²) in [4.78, 5) is 0. The summed E-state index contributed by atoms with van der Waals surface area (Å²) in [5.41, 5.74) is 1.72. The van der Waals surface area contributed by atoms with E-state index in [1.807, 2.05) is 13.0 Å². The van der Waals surface area contributed by atoms with Crippen LogP contribution in [-0.2, 0) is 12.8 Å². The largest absolute Gasteiger partial charge is 0.505 e. The lowest BCUT2D eigenvalue weighted by atomic mass is 9.91. The van der Waals surface area contributed by atoms with E-state index in [4.69, 9.17) is 0 Å². The standard InChI is InChI=1S/C14H20FNO/c1-2-10-6-12(14(17)13(15)8-10)7-11-4-3-5-16-9-11/h6,8,11,16-17H,2-5,7,9H2,1H3. The van der Waals surface area contributed by atoms with Crippen molar-refractivity contribution in [3.63, 3.8) is 0 Å². The van der Waals surface area contributed by atoms with Crippen molar-refractivity contribution in [3.8, 4) is 5.75 Å². The molecule has 2 nitrogen and oxygen atoms in total. The molecule has 1 unspecified atom stereocenters. The van der Waals surface area contributed by atoms with Crippen LogP contribution in [-0.4, -0.2) is 18.2 Å². The van der Waals surface area contributed by atoms with Gasteiger partial charge in [-0.2, -0.15) is 0 Å². The van der Waals surface area contributed by atoms with Crippen LogP contribution in [0.4, 0.5) is 4.39 Å². The van der Waals surface area contributed by atoms with E-state index in [1.165, 1.54) is 12.5 Å². The highest BCUT2D eigenvalue weighted by Gasteiger charge is 2.17. The molecule has 0 aromatic heterocycles. The molecule has 0 spiro atoms. The number of hydrogen-bond donors (Lipinski definition) is 2. The number of aromatic hydroxyl groups is 1. The highest BCUT2D eigenvalue weighted by molar-refractivity contribution is 5.38. The van der Waals surface area contributed by atoms with Crippen molar-refractivity contribution in [2.45, 2.75) is 32.6 Å². The van der Waals surface area contributed by atoms with Crippen molar-refractivity contribution in [1.82, 2.24) is 5.32 Å². The average molecular weight is 237 g/mol. The van der Waals surface area contributed by atoms with Gasteiger partial charge in [-0.15, -0.1) is 0 Å². The summed E-state index contributed by atoms with van der Waals surface area (Å²) in [6, 6.07) is 3.37. The van der Waals surface area contributed by atoms with Gasteiger partial charge in [0.2, 0.25) is 0 Å².